The van der Waals surface area contributed by atoms with Gasteiger partial charge in [0.05, 0.1) is 0 Å². The molecule has 0 aromatic heterocycles. The summed E-state index contributed by atoms with van der Waals surface area (Å²) in [6.45, 7) is 6.76. The highest BCUT2D eigenvalue weighted by Crippen LogP contribution is 2.32. The zero-order valence-corrected chi connectivity index (χ0v) is 9.30. The minimum atomic E-state index is 0.252. The predicted molar refractivity (Wildman–Crippen MR) is 60.4 cm³/mol. The molecule has 0 unspecified atom stereocenters. The highest BCUT2D eigenvalue weighted by atomic mass is 14.6. The molecule has 2 N–H and O–H groups in total. The van der Waals surface area contributed by atoms with E-state index in [0.29, 0.717) is 0 Å². The van der Waals surface area contributed by atoms with Gasteiger partial charge in [0, 0.05) is 6.04 Å². The third-order valence-corrected chi connectivity index (χ3v) is 3.13. The van der Waals surface area contributed by atoms with Gasteiger partial charge in [0.1, 0.15) is 0 Å². The van der Waals surface area contributed by atoms with Crippen molar-refractivity contribution in [3.8, 4) is 0 Å². The average molecular weight is 189 g/mol. The van der Waals surface area contributed by atoms with E-state index in [1.54, 1.807) is 0 Å². The van der Waals surface area contributed by atoms with E-state index in [0.717, 1.165) is 12.8 Å². The number of hydrogen-bond donors (Lipinski definition) is 1. The maximum absolute atomic E-state index is 6.01. The van der Waals surface area contributed by atoms with Crippen LogP contribution in [0, 0.1) is 0 Å². The third-order valence-electron chi connectivity index (χ3n) is 3.13. The molecule has 0 aliphatic heterocycles. The smallest absolute Gasteiger partial charge is 0.0300 e. The van der Waals surface area contributed by atoms with Gasteiger partial charge in [-0.05, 0) is 34.9 Å². The molecule has 0 saturated heterocycles. The van der Waals surface area contributed by atoms with Crippen molar-refractivity contribution >= 4 is 0 Å². The van der Waals surface area contributed by atoms with Crippen molar-refractivity contribution in [1.82, 2.24) is 0 Å². The van der Waals surface area contributed by atoms with Crippen LogP contribution >= 0.6 is 0 Å². The molecule has 1 aromatic rings. The summed E-state index contributed by atoms with van der Waals surface area (Å²) in [5.74, 6) is 0. The van der Waals surface area contributed by atoms with Gasteiger partial charge in [-0.15, -0.1) is 0 Å². The second kappa shape index (κ2) is 3.09. The summed E-state index contributed by atoms with van der Waals surface area (Å²) in [6, 6.07) is 7.05. The molecule has 2 rings (SSSR count). The summed E-state index contributed by atoms with van der Waals surface area (Å²) in [6.07, 6.45) is 2.27. The minimum absolute atomic E-state index is 0.252. The van der Waals surface area contributed by atoms with E-state index >= 15 is 0 Å². The van der Waals surface area contributed by atoms with Gasteiger partial charge in [-0.25, -0.2) is 0 Å². The van der Waals surface area contributed by atoms with Gasteiger partial charge < -0.3 is 5.73 Å². The number of fused-ring (bicyclic) bond motifs is 1. The Bertz CT molecular complexity index is 347. The summed E-state index contributed by atoms with van der Waals surface area (Å²) in [5, 5.41) is 0. The highest BCUT2D eigenvalue weighted by molar-refractivity contribution is 5.39. The second-order valence-electron chi connectivity index (χ2n) is 5.31. The molecular formula is C13H19N. The lowest BCUT2D eigenvalue weighted by molar-refractivity contribution is 0.589. The lowest BCUT2D eigenvalue weighted by atomic mass is 9.85. The lowest BCUT2D eigenvalue weighted by Gasteiger charge is -2.20. The van der Waals surface area contributed by atoms with Gasteiger partial charge in [-0.2, -0.15) is 0 Å². The number of benzene rings is 1. The van der Waals surface area contributed by atoms with Gasteiger partial charge in [0.25, 0.3) is 0 Å². The van der Waals surface area contributed by atoms with Gasteiger partial charge in [0.15, 0.2) is 0 Å². The van der Waals surface area contributed by atoms with E-state index in [4.69, 9.17) is 5.73 Å². The van der Waals surface area contributed by atoms with Crippen molar-refractivity contribution in [2.45, 2.75) is 45.1 Å². The Morgan fingerprint density at radius 3 is 2.64 bits per heavy atom. The molecule has 0 amide bonds. The zero-order chi connectivity index (χ0) is 10.3. The fourth-order valence-corrected chi connectivity index (χ4v) is 2.12. The first-order valence-corrected chi connectivity index (χ1v) is 5.37. The fourth-order valence-electron chi connectivity index (χ4n) is 2.12. The monoisotopic (exact) mass is 189 g/mol. The molecule has 0 saturated carbocycles. The molecule has 0 fully saturated rings. The SMILES string of the molecule is CC(C)(C)c1ccc2c(c1)CC[C@H]2N. The standard InChI is InChI=1S/C13H19N/c1-13(2,3)10-5-6-11-9(8-10)4-7-12(11)14/h5-6,8,12H,4,7,14H2,1-3H3/t12-/m1/s1. The van der Waals surface area contributed by atoms with E-state index < -0.39 is 0 Å². The summed E-state index contributed by atoms with van der Waals surface area (Å²) in [7, 11) is 0. The van der Waals surface area contributed by atoms with Gasteiger partial charge in [0.2, 0.25) is 0 Å². The van der Waals surface area contributed by atoms with Gasteiger partial charge >= 0.3 is 0 Å². The van der Waals surface area contributed by atoms with Crippen LogP contribution < -0.4 is 5.73 Å². The van der Waals surface area contributed by atoms with Gasteiger partial charge in [-0.1, -0.05) is 39.0 Å². The normalized spacial score (nSPS) is 21.0. The minimum Gasteiger partial charge on any atom is -0.324 e. The molecule has 0 bridgehead atoms. The first-order chi connectivity index (χ1) is 6.48. The van der Waals surface area contributed by atoms with Crippen LogP contribution in [-0.4, -0.2) is 0 Å². The fraction of sp³-hybridized carbons (Fsp3) is 0.538. The first-order valence-electron chi connectivity index (χ1n) is 5.37. The van der Waals surface area contributed by atoms with E-state index in [9.17, 15) is 0 Å². The van der Waals surface area contributed by atoms with Crippen LogP contribution in [0.15, 0.2) is 18.2 Å². The number of nitrogens with two attached hydrogens (primary N) is 1. The van der Waals surface area contributed by atoms with Crippen LogP contribution in [0.3, 0.4) is 0 Å². The van der Waals surface area contributed by atoms with Crippen LogP contribution in [0.25, 0.3) is 0 Å². The molecular weight excluding hydrogens is 170 g/mol. The number of aryl methyl sites for hydroxylation is 1. The summed E-state index contributed by atoms with van der Waals surface area (Å²) < 4.78 is 0. The molecule has 76 valence electrons. The predicted octanol–water partition coefficient (Wildman–Crippen LogP) is 2.93. The molecule has 1 heteroatoms. The summed E-state index contributed by atoms with van der Waals surface area (Å²) in [4.78, 5) is 0. The Morgan fingerprint density at radius 2 is 2.00 bits per heavy atom. The molecule has 0 radical (unpaired) electrons. The van der Waals surface area contributed by atoms with Crippen molar-refractivity contribution in [2.24, 2.45) is 5.73 Å². The maximum atomic E-state index is 6.01. The quantitative estimate of drug-likeness (QED) is 0.667. The Morgan fingerprint density at radius 1 is 1.29 bits per heavy atom. The van der Waals surface area contributed by atoms with Crippen molar-refractivity contribution in [3.05, 3.63) is 34.9 Å². The van der Waals surface area contributed by atoms with Crippen molar-refractivity contribution < 1.29 is 0 Å². The molecule has 1 nitrogen and oxygen atoms in total. The van der Waals surface area contributed by atoms with Crippen LogP contribution in [0.4, 0.5) is 0 Å². The molecule has 0 spiro atoms. The largest absolute Gasteiger partial charge is 0.324 e. The number of hydrogen-bond acceptors (Lipinski definition) is 1. The zero-order valence-electron chi connectivity index (χ0n) is 9.30. The van der Waals surface area contributed by atoms with Crippen LogP contribution in [-0.2, 0) is 11.8 Å². The van der Waals surface area contributed by atoms with Crippen LogP contribution in [0.1, 0.15) is 49.9 Å². The van der Waals surface area contributed by atoms with E-state index in [2.05, 4.69) is 39.0 Å². The third kappa shape index (κ3) is 1.57. The highest BCUT2D eigenvalue weighted by Gasteiger charge is 2.21. The van der Waals surface area contributed by atoms with Crippen molar-refractivity contribution in [2.75, 3.05) is 0 Å². The lowest BCUT2D eigenvalue weighted by Crippen LogP contribution is -2.12. The molecule has 1 aromatic carbocycles. The van der Waals surface area contributed by atoms with Crippen LogP contribution in [0.5, 0.6) is 0 Å². The second-order valence-corrected chi connectivity index (χ2v) is 5.31. The summed E-state index contributed by atoms with van der Waals surface area (Å²) in [5.41, 5.74) is 10.5. The van der Waals surface area contributed by atoms with E-state index in [-0.39, 0.29) is 11.5 Å². The Kier molecular flexibility index (Phi) is 2.15. The molecule has 1 atom stereocenters. The number of rotatable bonds is 0. The van der Waals surface area contributed by atoms with E-state index in [1.165, 1.54) is 16.7 Å². The van der Waals surface area contributed by atoms with Gasteiger partial charge in [-0.3, -0.25) is 0 Å². The molecule has 0 heterocycles. The maximum Gasteiger partial charge on any atom is 0.0300 e. The van der Waals surface area contributed by atoms with Crippen molar-refractivity contribution in [3.63, 3.8) is 0 Å². The Labute approximate surface area is 86.3 Å². The first kappa shape index (κ1) is 9.72. The molecule has 14 heavy (non-hydrogen) atoms. The average Bonchev–Trinajstić information content (AvgIpc) is 2.46. The molecule has 1 aliphatic carbocycles. The topological polar surface area (TPSA) is 26.0 Å². The van der Waals surface area contributed by atoms with Crippen LogP contribution in [0.2, 0.25) is 0 Å². The Hall–Kier alpha value is -0.820. The summed E-state index contributed by atoms with van der Waals surface area (Å²) >= 11 is 0. The Balaban J connectivity index is 2.42. The van der Waals surface area contributed by atoms with Crippen molar-refractivity contribution in [1.29, 1.82) is 0 Å². The molecule has 1 aliphatic rings. The van der Waals surface area contributed by atoms with E-state index in [1.807, 2.05) is 0 Å².